The molecule has 1 saturated carbocycles. The van der Waals surface area contributed by atoms with Gasteiger partial charge < -0.3 is 10.2 Å². The van der Waals surface area contributed by atoms with Gasteiger partial charge in [0.1, 0.15) is 0 Å². The molecule has 0 aromatic heterocycles. The van der Waals surface area contributed by atoms with Crippen LogP contribution in [0.4, 0.5) is 0 Å². The van der Waals surface area contributed by atoms with E-state index in [0.29, 0.717) is 5.41 Å². The molecule has 0 amide bonds. The first-order valence-corrected chi connectivity index (χ1v) is 8.06. The average molecular weight is 252 g/mol. The monoisotopic (exact) mass is 252 g/mol. The van der Waals surface area contributed by atoms with E-state index < -0.39 is 0 Å². The van der Waals surface area contributed by atoms with Crippen molar-refractivity contribution in [1.29, 1.82) is 0 Å². The van der Waals surface area contributed by atoms with E-state index in [-0.39, 0.29) is 0 Å². The molecule has 1 saturated heterocycles. The number of nitrogens with zero attached hydrogens (tertiary/aromatic N) is 1. The van der Waals surface area contributed by atoms with Gasteiger partial charge in [0.2, 0.25) is 0 Å². The Morgan fingerprint density at radius 2 is 1.72 bits per heavy atom. The van der Waals surface area contributed by atoms with Gasteiger partial charge in [-0.05, 0) is 71.0 Å². The molecule has 0 radical (unpaired) electrons. The zero-order valence-corrected chi connectivity index (χ0v) is 12.7. The molecular weight excluding hydrogens is 220 g/mol. The van der Waals surface area contributed by atoms with E-state index in [0.717, 1.165) is 12.0 Å². The van der Waals surface area contributed by atoms with E-state index in [1.54, 1.807) is 0 Å². The van der Waals surface area contributed by atoms with Gasteiger partial charge >= 0.3 is 0 Å². The largest absolute Gasteiger partial charge is 0.319 e. The summed E-state index contributed by atoms with van der Waals surface area (Å²) < 4.78 is 0. The number of hydrogen-bond donors (Lipinski definition) is 1. The van der Waals surface area contributed by atoms with E-state index in [1.165, 1.54) is 64.6 Å². The molecule has 1 N–H and O–H groups in total. The Hall–Kier alpha value is -0.0800. The molecule has 2 nitrogen and oxygen atoms in total. The zero-order chi connectivity index (χ0) is 13.0. The summed E-state index contributed by atoms with van der Waals surface area (Å²) in [7, 11) is 2.14. The van der Waals surface area contributed by atoms with Crippen LogP contribution in [0.25, 0.3) is 0 Å². The maximum atomic E-state index is 3.50. The summed E-state index contributed by atoms with van der Waals surface area (Å²) in [6.07, 6.45) is 10.2. The molecule has 2 heteroatoms. The predicted molar refractivity (Wildman–Crippen MR) is 78.9 cm³/mol. The molecule has 106 valence electrons. The topological polar surface area (TPSA) is 15.3 Å². The van der Waals surface area contributed by atoms with Crippen LogP contribution in [-0.2, 0) is 0 Å². The van der Waals surface area contributed by atoms with Gasteiger partial charge in [0.25, 0.3) is 0 Å². The fourth-order valence-electron chi connectivity index (χ4n) is 4.28. The first-order chi connectivity index (χ1) is 8.68. The predicted octanol–water partition coefficient (Wildman–Crippen LogP) is 3.28. The number of rotatable bonds is 4. The Labute approximate surface area is 114 Å². The molecule has 0 aromatic carbocycles. The van der Waals surface area contributed by atoms with Crippen LogP contribution in [0.5, 0.6) is 0 Å². The SMILES string of the molecule is CNCC1(C2CCCCC2)CCN(C(C)C)CC1. The third-order valence-electron chi connectivity index (χ3n) is 5.52. The minimum Gasteiger partial charge on any atom is -0.319 e. The van der Waals surface area contributed by atoms with Gasteiger partial charge in [0, 0.05) is 12.6 Å². The van der Waals surface area contributed by atoms with Crippen LogP contribution < -0.4 is 5.32 Å². The maximum Gasteiger partial charge on any atom is 0.00385 e. The standard InChI is InChI=1S/C16H32N2/c1-14(2)18-11-9-16(10-12-18,13-17-3)15-7-5-4-6-8-15/h14-15,17H,4-13H2,1-3H3. The Kier molecular flexibility index (Phi) is 5.08. The second-order valence-corrected chi connectivity index (χ2v) is 6.86. The van der Waals surface area contributed by atoms with Crippen LogP contribution >= 0.6 is 0 Å². The van der Waals surface area contributed by atoms with Crippen LogP contribution in [0, 0.1) is 11.3 Å². The first-order valence-electron chi connectivity index (χ1n) is 8.06. The van der Waals surface area contributed by atoms with Gasteiger partial charge in [-0.1, -0.05) is 19.3 Å². The van der Waals surface area contributed by atoms with Crippen molar-refractivity contribution in [2.75, 3.05) is 26.7 Å². The third kappa shape index (κ3) is 3.08. The number of hydrogen-bond acceptors (Lipinski definition) is 2. The minimum absolute atomic E-state index is 0.612. The van der Waals surface area contributed by atoms with Crippen LogP contribution in [-0.4, -0.2) is 37.6 Å². The minimum atomic E-state index is 0.612. The highest BCUT2D eigenvalue weighted by molar-refractivity contribution is 4.94. The number of piperidine rings is 1. The molecular formula is C16H32N2. The van der Waals surface area contributed by atoms with Crippen molar-refractivity contribution in [2.45, 2.75) is 64.8 Å². The van der Waals surface area contributed by atoms with Crippen LogP contribution in [0.1, 0.15) is 58.8 Å². The Balaban J connectivity index is 1.99. The van der Waals surface area contributed by atoms with Gasteiger partial charge in [0.15, 0.2) is 0 Å². The van der Waals surface area contributed by atoms with Crippen LogP contribution in [0.3, 0.4) is 0 Å². The second-order valence-electron chi connectivity index (χ2n) is 6.86. The molecule has 0 bridgehead atoms. The fourth-order valence-corrected chi connectivity index (χ4v) is 4.28. The lowest BCUT2D eigenvalue weighted by molar-refractivity contribution is 0.0203. The molecule has 2 fully saturated rings. The van der Waals surface area contributed by atoms with Crippen molar-refractivity contribution in [3.05, 3.63) is 0 Å². The molecule has 0 unspecified atom stereocenters. The van der Waals surface area contributed by atoms with Crippen molar-refractivity contribution in [3.63, 3.8) is 0 Å². The van der Waals surface area contributed by atoms with Crippen LogP contribution in [0.2, 0.25) is 0 Å². The average Bonchev–Trinajstić information content (AvgIpc) is 2.40. The molecule has 1 heterocycles. The van der Waals surface area contributed by atoms with Crippen molar-refractivity contribution in [3.8, 4) is 0 Å². The molecule has 1 aliphatic carbocycles. The van der Waals surface area contributed by atoms with Crippen molar-refractivity contribution in [1.82, 2.24) is 10.2 Å². The lowest BCUT2D eigenvalue weighted by Crippen LogP contribution is -2.50. The normalized spacial score (nSPS) is 26.7. The lowest BCUT2D eigenvalue weighted by atomic mass is 9.63. The van der Waals surface area contributed by atoms with Gasteiger partial charge in [-0.15, -0.1) is 0 Å². The van der Waals surface area contributed by atoms with Crippen molar-refractivity contribution in [2.24, 2.45) is 11.3 Å². The van der Waals surface area contributed by atoms with Crippen molar-refractivity contribution < 1.29 is 0 Å². The van der Waals surface area contributed by atoms with E-state index in [9.17, 15) is 0 Å². The lowest BCUT2D eigenvalue weighted by Gasteiger charge is -2.49. The molecule has 1 aliphatic heterocycles. The Morgan fingerprint density at radius 1 is 1.11 bits per heavy atom. The molecule has 2 rings (SSSR count). The molecule has 18 heavy (non-hydrogen) atoms. The summed E-state index contributed by atoms with van der Waals surface area (Å²) >= 11 is 0. The Bertz CT molecular complexity index is 235. The zero-order valence-electron chi connectivity index (χ0n) is 12.7. The summed E-state index contributed by atoms with van der Waals surface area (Å²) in [5.41, 5.74) is 0.612. The quantitative estimate of drug-likeness (QED) is 0.826. The highest BCUT2D eigenvalue weighted by Crippen LogP contribution is 2.45. The fraction of sp³-hybridized carbons (Fsp3) is 1.00. The van der Waals surface area contributed by atoms with Gasteiger partial charge in [-0.2, -0.15) is 0 Å². The Morgan fingerprint density at radius 3 is 2.22 bits per heavy atom. The van der Waals surface area contributed by atoms with E-state index in [1.807, 2.05) is 0 Å². The summed E-state index contributed by atoms with van der Waals surface area (Å²) in [6.45, 7) is 8.55. The molecule has 0 spiro atoms. The van der Waals surface area contributed by atoms with E-state index in [4.69, 9.17) is 0 Å². The molecule has 2 aliphatic rings. The third-order valence-corrected chi connectivity index (χ3v) is 5.52. The highest BCUT2D eigenvalue weighted by atomic mass is 15.2. The second kappa shape index (κ2) is 6.38. The summed E-state index contributed by atoms with van der Waals surface area (Å²) in [4.78, 5) is 2.66. The van der Waals surface area contributed by atoms with Gasteiger partial charge in [-0.3, -0.25) is 0 Å². The van der Waals surface area contributed by atoms with Gasteiger partial charge in [0.05, 0.1) is 0 Å². The number of nitrogens with one attached hydrogen (secondary N) is 1. The van der Waals surface area contributed by atoms with Crippen LogP contribution in [0.15, 0.2) is 0 Å². The summed E-state index contributed by atoms with van der Waals surface area (Å²) in [5, 5.41) is 3.50. The maximum absolute atomic E-state index is 3.50. The summed E-state index contributed by atoms with van der Waals surface area (Å²) in [6, 6.07) is 0.726. The smallest absolute Gasteiger partial charge is 0.00385 e. The number of likely N-dealkylation sites (tertiary alicyclic amines) is 1. The highest BCUT2D eigenvalue weighted by Gasteiger charge is 2.41. The molecule has 0 aromatic rings. The van der Waals surface area contributed by atoms with E-state index in [2.05, 4.69) is 31.1 Å². The van der Waals surface area contributed by atoms with E-state index >= 15 is 0 Å². The van der Waals surface area contributed by atoms with Gasteiger partial charge in [-0.25, -0.2) is 0 Å². The van der Waals surface area contributed by atoms with Crippen molar-refractivity contribution >= 4 is 0 Å². The first kappa shape index (κ1) is 14.3. The molecule has 0 atom stereocenters. The summed E-state index contributed by atoms with van der Waals surface area (Å²) in [5.74, 6) is 0.994.